The van der Waals surface area contributed by atoms with Gasteiger partial charge < -0.3 is 14.7 Å². The van der Waals surface area contributed by atoms with Crippen LogP contribution in [0, 0.1) is 6.92 Å². The number of hydrogen-bond donors (Lipinski definition) is 1. The van der Waals surface area contributed by atoms with E-state index in [2.05, 4.69) is 25.1 Å². The molecule has 3 aromatic rings. The second-order valence-corrected chi connectivity index (χ2v) is 9.45. The minimum atomic E-state index is -0.532. The maximum absolute atomic E-state index is 13.7. The number of ether oxygens (including phenoxy) is 1. The average molecular weight is 444 g/mol. The zero-order chi connectivity index (χ0) is 23.8. The lowest BCUT2D eigenvalue weighted by Gasteiger charge is -2.36. The average Bonchev–Trinajstić information content (AvgIpc) is 2.78. The van der Waals surface area contributed by atoms with Crippen molar-refractivity contribution in [3.05, 3.63) is 76.9 Å². The number of nitrogens with zero attached hydrogens (tertiary/aromatic N) is 1. The van der Waals surface area contributed by atoms with Gasteiger partial charge in [-0.15, -0.1) is 0 Å². The predicted octanol–water partition coefficient (Wildman–Crippen LogP) is 7.00. The molecule has 0 spiro atoms. The van der Waals surface area contributed by atoms with Crippen molar-refractivity contribution in [1.82, 2.24) is 0 Å². The molecule has 1 aliphatic heterocycles. The lowest BCUT2D eigenvalue weighted by molar-refractivity contribution is 0.0986. The van der Waals surface area contributed by atoms with Gasteiger partial charge in [0.05, 0.1) is 11.1 Å². The highest BCUT2D eigenvalue weighted by Gasteiger charge is 2.37. The number of phenolic OH excluding ortho intramolecular Hbond substituents is 1. The Labute approximate surface area is 196 Å². The molecule has 3 aromatic carbocycles. The van der Waals surface area contributed by atoms with Crippen molar-refractivity contribution in [2.75, 3.05) is 11.9 Å². The quantitative estimate of drug-likeness (QED) is 0.417. The first-order chi connectivity index (χ1) is 15.7. The zero-order valence-corrected chi connectivity index (χ0v) is 20.2. The summed E-state index contributed by atoms with van der Waals surface area (Å²) in [5.74, 6) is 0.433. The molecule has 0 radical (unpaired) electrons. The number of hydrogen-bond acceptors (Lipinski definition) is 3. The third-order valence-corrected chi connectivity index (χ3v) is 6.52. The van der Waals surface area contributed by atoms with Gasteiger partial charge in [0.15, 0.2) is 0 Å². The van der Waals surface area contributed by atoms with Crippen LogP contribution >= 0.6 is 0 Å². The fourth-order valence-corrected chi connectivity index (χ4v) is 4.69. The van der Waals surface area contributed by atoms with Gasteiger partial charge in [0.25, 0.3) is 5.91 Å². The molecule has 4 nitrogen and oxygen atoms in total. The van der Waals surface area contributed by atoms with E-state index in [1.165, 1.54) is 0 Å². The Balaban J connectivity index is 1.91. The lowest BCUT2D eigenvalue weighted by Crippen LogP contribution is -2.31. The van der Waals surface area contributed by atoms with Gasteiger partial charge in [-0.05, 0) is 62.9 Å². The number of para-hydroxylation sites is 1. The van der Waals surface area contributed by atoms with E-state index >= 15 is 0 Å². The Morgan fingerprint density at radius 2 is 1.79 bits per heavy atom. The molecule has 0 saturated heterocycles. The Hall–Kier alpha value is -3.27. The summed E-state index contributed by atoms with van der Waals surface area (Å²) in [7, 11) is 1.75. The third kappa shape index (κ3) is 4.22. The monoisotopic (exact) mass is 443 g/mol. The molecule has 1 heterocycles. The van der Waals surface area contributed by atoms with Crippen molar-refractivity contribution in [2.45, 2.75) is 59.0 Å². The highest BCUT2D eigenvalue weighted by atomic mass is 16.5. The minimum Gasteiger partial charge on any atom is -0.506 e. The van der Waals surface area contributed by atoms with Gasteiger partial charge in [-0.3, -0.25) is 4.79 Å². The van der Waals surface area contributed by atoms with Gasteiger partial charge in [0, 0.05) is 18.3 Å². The van der Waals surface area contributed by atoms with Crippen LogP contribution in [0.15, 0.2) is 54.6 Å². The highest BCUT2D eigenvalue weighted by molar-refractivity contribution is 6.10. The minimum absolute atomic E-state index is 0.00845. The summed E-state index contributed by atoms with van der Waals surface area (Å²) in [5.41, 5.74) is 5.09. The molecule has 0 atom stereocenters. The maximum Gasteiger partial charge on any atom is 0.262 e. The van der Waals surface area contributed by atoms with Gasteiger partial charge in [-0.1, -0.05) is 61.7 Å². The Kier molecular flexibility index (Phi) is 6.20. The molecular weight excluding hydrogens is 410 g/mol. The molecule has 0 unspecified atom stereocenters. The third-order valence-electron chi connectivity index (χ3n) is 6.52. The van der Waals surface area contributed by atoms with Crippen molar-refractivity contribution in [3.8, 4) is 22.6 Å². The number of carbonyl (C=O) groups is 1. The van der Waals surface area contributed by atoms with E-state index in [9.17, 15) is 9.90 Å². The molecule has 0 fully saturated rings. The summed E-state index contributed by atoms with van der Waals surface area (Å²) in [4.78, 5) is 15.3. The van der Waals surface area contributed by atoms with E-state index in [0.717, 1.165) is 47.2 Å². The van der Waals surface area contributed by atoms with E-state index in [1.807, 2.05) is 57.2 Å². The van der Waals surface area contributed by atoms with Crippen LogP contribution in [0.5, 0.6) is 11.5 Å². The highest BCUT2D eigenvalue weighted by Crippen LogP contribution is 2.51. The summed E-state index contributed by atoms with van der Waals surface area (Å²) < 4.78 is 6.41. The fourth-order valence-electron chi connectivity index (χ4n) is 4.69. The SMILES string of the molecule is CCCCCc1cc2c(c(O)c1C(=O)N(C)c1ccccc1)-c1cc(C)ccc1C(C)(C)O2. The van der Waals surface area contributed by atoms with Crippen LogP contribution in [0.2, 0.25) is 0 Å². The molecule has 1 aliphatic rings. The van der Waals surface area contributed by atoms with Crippen molar-refractivity contribution >= 4 is 11.6 Å². The van der Waals surface area contributed by atoms with Crippen molar-refractivity contribution in [1.29, 1.82) is 0 Å². The first-order valence-corrected chi connectivity index (χ1v) is 11.8. The number of aromatic hydroxyl groups is 1. The number of benzene rings is 3. The molecule has 0 aromatic heterocycles. The molecule has 0 saturated carbocycles. The van der Waals surface area contributed by atoms with Crippen LogP contribution < -0.4 is 9.64 Å². The van der Waals surface area contributed by atoms with Crippen molar-refractivity contribution in [2.24, 2.45) is 0 Å². The van der Waals surface area contributed by atoms with Crippen LogP contribution in [-0.2, 0) is 12.0 Å². The predicted molar refractivity (Wildman–Crippen MR) is 134 cm³/mol. The summed E-state index contributed by atoms with van der Waals surface area (Å²) in [6, 6.07) is 17.7. The summed E-state index contributed by atoms with van der Waals surface area (Å²) in [5, 5.41) is 11.6. The van der Waals surface area contributed by atoms with Crippen LogP contribution in [0.25, 0.3) is 11.1 Å². The molecule has 172 valence electrons. The molecule has 33 heavy (non-hydrogen) atoms. The molecule has 1 N–H and O–H groups in total. The number of unbranched alkanes of at least 4 members (excludes halogenated alkanes) is 2. The number of amides is 1. The Morgan fingerprint density at radius 1 is 1.06 bits per heavy atom. The molecule has 4 rings (SSSR count). The Bertz CT molecular complexity index is 1180. The van der Waals surface area contributed by atoms with Crippen LogP contribution in [-0.4, -0.2) is 18.1 Å². The van der Waals surface area contributed by atoms with Crippen LogP contribution in [0.1, 0.15) is 67.1 Å². The lowest BCUT2D eigenvalue weighted by atomic mass is 9.83. The van der Waals surface area contributed by atoms with E-state index in [0.29, 0.717) is 23.3 Å². The smallest absolute Gasteiger partial charge is 0.262 e. The number of phenols is 1. The first-order valence-electron chi connectivity index (χ1n) is 11.8. The van der Waals surface area contributed by atoms with E-state index in [4.69, 9.17) is 4.74 Å². The Morgan fingerprint density at radius 3 is 2.48 bits per heavy atom. The summed E-state index contributed by atoms with van der Waals surface area (Å²) in [6.07, 6.45) is 3.81. The largest absolute Gasteiger partial charge is 0.506 e. The summed E-state index contributed by atoms with van der Waals surface area (Å²) >= 11 is 0. The van der Waals surface area contributed by atoms with E-state index in [-0.39, 0.29) is 11.7 Å². The van der Waals surface area contributed by atoms with Gasteiger partial charge >= 0.3 is 0 Å². The van der Waals surface area contributed by atoms with E-state index in [1.54, 1.807) is 11.9 Å². The number of carbonyl (C=O) groups excluding carboxylic acids is 1. The number of rotatable bonds is 6. The molecule has 0 aliphatic carbocycles. The van der Waals surface area contributed by atoms with E-state index < -0.39 is 5.60 Å². The molecule has 1 amide bonds. The van der Waals surface area contributed by atoms with Crippen molar-refractivity contribution in [3.63, 3.8) is 0 Å². The molecule has 0 bridgehead atoms. The number of aryl methyl sites for hydroxylation is 2. The zero-order valence-electron chi connectivity index (χ0n) is 20.2. The molecular formula is C29H33NO3. The van der Waals surface area contributed by atoms with Crippen LogP contribution in [0.4, 0.5) is 5.69 Å². The number of anilines is 1. The summed E-state index contributed by atoms with van der Waals surface area (Å²) in [6.45, 7) is 8.28. The normalized spacial score (nSPS) is 13.6. The second-order valence-electron chi connectivity index (χ2n) is 9.45. The van der Waals surface area contributed by atoms with Crippen molar-refractivity contribution < 1.29 is 14.6 Å². The van der Waals surface area contributed by atoms with Gasteiger partial charge in [0.2, 0.25) is 0 Å². The topological polar surface area (TPSA) is 49.8 Å². The second kappa shape index (κ2) is 8.93. The van der Waals surface area contributed by atoms with Gasteiger partial charge in [-0.2, -0.15) is 0 Å². The van der Waals surface area contributed by atoms with Gasteiger partial charge in [0.1, 0.15) is 17.1 Å². The van der Waals surface area contributed by atoms with Gasteiger partial charge in [-0.25, -0.2) is 0 Å². The first kappa shape index (κ1) is 22.9. The standard InChI is InChI=1S/C29H33NO3/c1-6-7-9-12-20-18-24-26(22-17-19(2)15-16-23(22)29(3,4)33-24)27(31)25(20)28(32)30(5)21-13-10-8-11-14-21/h8,10-11,13-18,31H,6-7,9,12H2,1-5H3. The number of fused-ring (bicyclic) bond motifs is 3. The maximum atomic E-state index is 13.7. The fraction of sp³-hybridized carbons (Fsp3) is 0.345. The molecule has 4 heteroatoms. The van der Waals surface area contributed by atoms with Crippen LogP contribution in [0.3, 0.4) is 0 Å².